The van der Waals surface area contributed by atoms with Gasteiger partial charge in [-0.25, -0.2) is 0 Å². The van der Waals surface area contributed by atoms with E-state index >= 15 is 0 Å². The van der Waals surface area contributed by atoms with E-state index in [0.717, 1.165) is 25.9 Å². The van der Waals surface area contributed by atoms with Crippen molar-refractivity contribution >= 4 is 30.7 Å². The molecule has 1 aromatic rings. The van der Waals surface area contributed by atoms with Gasteiger partial charge in [0, 0.05) is 31.1 Å². The molecule has 1 saturated heterocycles. The van der Waals surface area contributed by atoms with E-state index < -0.39 is 0 Å². The highest BCUT2D eigenvalue weighted by Gasteiger charge is 2.38. The van der Waals surface area contributed by atoms with Gasteiger partial charge >= 0.3 is 0 Å². The number of nitrogens with zero attached hydrogens (tertiary/aromatic N) is 2. The smallest absolute Gasteiger partial charge is 0.236 e. The molecular weight excluding hydrogens is 333 g/mol. The van der Waals surface area contributed by atoms with Crippen molar-refractivity contribution in [3.05, 3.63) is 35.9 Å². The molecule has 3 atom stereocenters. The molecule has 4 nitrogen and oxygen atoms in total. The SMILES string of the molecule is CN(C)[C@@H]1CCN(C(=O)CN[C@@H]2C[C@H]2c2ccccc2)C1.Cl.Cl. The lowest BCUT2D eigenvalue weighted by Crippen LogP contribution is -2.39. The van der Waals surface area contributed by atoms with Gasteiger partial charge in [0.25, 0.3) is 0 Å². The van der Waals surface area contributed by atoms with E-state index in [-0.39, 0.29) is 30.7 Å². The van der Waals surface area contributed by atoms with Crippen LogP contribution in [-0.2, 0) is 4.79 Å². The molecule has 2 fully saturated rings. The first-order valence-electron chi connectivity index (χ1n) is 7.87. The quantitative estimate of drug-likeness (QED) is 0.874. The molecule has 130 valence electrons. The molecule has 1 aromatic carbocycles. The van der Waals surface area contributed by atoms with Crippen LogP contribution in [0.5, 0.6) is 0 Å². The van der Waals surface area contributed by atoms with Crippen LogP contribution in [0.15, 0.2) is 30.3 Å². The molecule has 6 heteroatoms. The van der Waals surface area contributed by atoms with Crippen molar-refractivity contribution in [2.24, 2.45) is 0 Å². The summed E-state index contributed by atoms with van der Waals surface area (Å²) in [5, 5.41) is 3.42. The Morgan fingerprint density at radius 2 is 1.96 bits per heavy atom. The summed E-state index contributed by atoms with van der Waals surface area (Å²) in [6.45, 7) is 2.25. The highest BCUT2D eigenvalue weighted by atomic mass is 35.5. The molecule has 1 aliphatic heterocycles. The molecule has 3 rings (SSSR count). The fourth-order valence-corrected chi connectivity index (χ4v) is 3.21. The minimum atomic E-state index is 0. The minimum absolute atomic E-state index is 0. The molecule has 2 aliphatic rings. The van der Waals surface area contributed by atoms with Gasteiger partial charge in [0.2, 0.25) is 5.91 Å². The van der Waals surface area contributed by atoms with Gasteiger partial charge in [0.05, 0.1) is 6.54 Å². The molecule has 0 bridgehead atoms. The Bertz CT molecular complexity index is 498. The number of benzene rings is 1. The Hall–Kier alpha value is -0.810. The normalized spacial score (nSPS) is 25.7. The fourth-order valence-electron chi connectivity index (χ4n) is 3.21. The predicted molar refractivity (Wildman–Crippen MR) is 98.8 cm³/mol. The topological polar surface area (TPSA) is 35.6 Å². The lowest BCUT2D eigenvalue weighted by Gasteiger charge is -2.20. The van der Waals surface area contributed by atoms with Crippen molar-refractivity contribution in [1.82, 2.24) is 15.1 Å². The summed E-state index contributed by atoms with van der Waals surface area (Å²) in [6.07, 6.45) is 2.24. The average Bonchev–Trinajstić information content (AvgIpc) is 3.09. The third-order valence-electron chi connectivity index (χ3n) is 4.78. The summed E-state index contributed by atoms with van der Waals surface area (Å²) in [7, 11) is 4.18. The van der Waals surface area contributed by atoms with Gasteiger partial charge in [0.1, 0.15) is 0 Å². The first kappa shape index (κ1) is 20.2. The van der Waals surface area contributed by atoms with E-state index in [0.29, 0.717) is 24.5 Å². The number of hydrogen-bond donors (Lipinski definition) is 1. The summed E-state index contributed by atoms with van der Waals surface area (Å²) in [5.74, 6) is 0.838. The second kappa shape index (κ2) is 8.88. The van der Waals surface area contributed by atoms with E-state index in [1.807, 2.05) is 11.0 Å². The maximum Gasteiger partial charge on any atom is 0.236 e. The van der Waals surface area contributed by atoms with Crippen LogP contribution in [-0.4, -0.2) is 61.5 Å². The van der Waals surface area contributed by atoms with Crippen molar-refractivity contribution < 1.29 is 4.79 Å². The Labute approximate surface area is 151 Å². The fraction of sp³-hybridized carbons (Fsp3) is 0.588. The average molecular weight is 360 g/mol. The minimum Gasteiger partial charge on any atom is -0.340 e. The molecule has 0 spiro atoms. The van der Waals surface area contributed by atoms with Crippen LogP contribution >= 0.6 is 24.8 Å². The van der Waals surface area contributed by atoms with Crippen LogP contribution in [0.4, 0.5) is 0 Å². The van der Waals surface area contributed by atoms with Crippen LogP contribution in [0.3, 0.4) is 0 Å². The maximum atomic E-state index is 12.2. The highest BCUT2D eigenvalue weighted by Crippen LogP contribution is 2.40. The zero-order chi connectivity index (χ0) is 14.8. The van der Waals surface area contributed by atoms with E-state index in [9.17, 15) is 4.79 Å². The Morgan fingerprint density at radius 3 is 2.57 bits per heavy atom. The van der Waals surface area contributed by atoms with Gasteiger partial charge in [0.15, 0.2) is 0 Å². The summed E-state index contributed by atoms with van der Waals surface area (Å²) < 4.78 is 0. The number of halogens is 2. The van der Waals surface area contributed by atoms with E-state index in [1.54, 1.807) is 0 Å². The molecule has 1 saturated carbocycles. The maximum absolute atomic E-state index is 12.2. The van der Waals surface area contributed by atoms with E-state index in [4.69, 9.17) is 0 Å². The summed E-state index contributed by atoms with van der Waals surface area (Å²) in [5.41, 5.74) is 1.39. The lowest BCUT2D eigenvalue weighted by molar-refractivity contribution is -0.129. The summed E-state index contributed by atoms with van der Waals surface area (Å²) in [4.78, 5) is 16.4. The van der Waals surface area contributed by atoms with Gasteiger partial charge in [-0.1, -0.05) is 30.3 Å². The van der Waals surface area contributed by atoms with Crippen LogP contribution < -0.4 is 5.32 Å². The number of carbonyl (C=O) groups excluding carboxylic acids is 1. The first-order chi connectivity index (χ1) is 10.1. The molecule has 1 aliphatic carbocycles. The summed E-state index contributed by atoms with van der Waals surface area (Å²) in [6, 6.07) is 11.6. The molecule has 1 N–H and O–H groups in total. The predicted octanol–water partition coefficient (Wildman–Crippen LogP) is 2.14. The first-order valence-corrected chi connectivity index (χ1v) is 7.87. The van der Waals surface area contributed by atoms with E-state index in [2.05, 4.69) is 48.6 Å². The molecule has 0 unspecified atom stereocenters. The van der Waals surface area contributed by atoms with Gasteiger partial charge in [-0.15, -0.1) is 24.8 Å². The van der Waals surface area contributed by atoms with Crippen molar-refractivity contribution in [3.63, 3.8) is 0 Å². The lowest BCUT2D eigenvalue weighted by atomic mass is 10.1. The molecule has 1 heterocycles. The molecule has 23 heavy (non-hydrogen) atoms. The van der Waals surface area contributed by atoms with Crippen molar-refractivity contribution in [1.29, 1.82) is 0 Å². The number of likely N-dealkylation sites (N-methyl/N-ethyl adjacent to an activating group) is 1. The van der Waals surface area contributed by atoms with Gasteiger partial charge in [-0.3, -0.25) is 4.79 Å². The second-order valence-electron chi connectivity index (χ2n) is 6.49. The van der Waals surface area contributed by atoms with Gasteiger partial charge < -0.3 is 15.1 Å². The Kier molecular flexibility index (Phi) is 7.81. The number of likely N-dealkylation sites (tertiary alicyclic amines) is 1. The van der Waals surface area contributed by atoms with Gasteiger partial charge in [-0.2, -0.15) is 0 Å². The zero-order valence-electron chi connectivity index (χ0n) is 13.8. The molecular formula is C17H27Cl2N3O. The van der Waals surface area contributed by atoms with Crippen molar-refractivity contribution in [2.75, 3.05) is 33.7 Å². The second-order valence-corrected chi connectivity index (χ2v) is 6.49. The van der Waals surface area contributed by atoms with Crippen LogP contribution in [0.2, 0.25) is 0 Å². The third kappa shape index (κ3) is 5.08. The number of carbonyl (C=O) groups is 1. The Balaban J connectivity index is 0.00000132. The highest BCUT2D eigenvalue weighted by molar-refractivity contribution is 5.85. The Morgan fingerprint density at radius 1 is 1.26 bits per heavy atom. The summed E-state index contributed by atoms with van der Waals surface area (Å²) >= 11 is 0. The zero-order valence-corrected chi connectivity index (χ0v) is 15.4. The number of hydrogen-bond acceptors (Lipinski definition) is 3. The largest absolute Gasteiger partial charge is 0.340 e. The van der Waals surface area contributed by atoms with E-state index in [1.165, 1.54) is 5.56 Å². The number of amides is 1. The van der Waals surface area contributed by atoms with Crippen molar-refractivity contribution in [2.45, 2.75) is 30.8 Å². The molecule has 0 radical (unpaired) electrons. The molecule has 1 amide bonds. The van der Waals surface area contributed by atoms with Crippen LogP contribution in [0.25, 0.3) is 0 Å². The monoisotopic (exact) mass is 359 g/mol. The number of rotatable bonds is 5. The van der Waals surface area contributed by atoms with Crippen molar-refractivity contribution in [3.8, 4) is 0 Å². The van der Waals surface area contributed by atoms with Gasteiger partial charge in [-0.05, 0) is 32.5 Å². The third-order valence-corrected chi connectivity index (χ3v) is 4.78. The standard InChI is InChI=1S/C17H25N3O.2ClH/c1-19(2)14-8-9-20(12-14)17(21)11-18-16-10-15(16)13-6-4-3-5-7-13;;/h3-7,14-16,18H,8-12H2,1-2H3;2*1H/t14-,15+,16-;;/m1../s1. The van der Waals surface area contributed by atoms with Crippen LogP contribution in [0.1, 0.15) is 24.3 Å². The molecule has 0 aromatic heterocycles. The number of nitrogens with one attached hydrogen (secondary N) is 1. The van der Waals surface area contributed by atoms with Crippen LogP contribution in [0, 0.1) is 0 Å².